The molecule has 32 heavy (non-hydrogen) atoms. The van der Waals surface area contributed by atoms with Gasteiger partial charge in [-0.05, 0) is 25.5 Å². The summed E-state index contributed by atoms with van der Waals surface area (Å²) in [6.07, 6.45) is 0. The molecule has 0 N–H and O–H groups in total. The van der Waals surface area contributed by atoms with E-state index in [4.69, 9.17) is 9.26 Å². The van der Waals surface area contributed by atoms with Crippen molar-refractivity contribution < 1.29 is 18.8 Å². The number of aromatic nitrogens is 2. The van der Waals surface area contributed by atoms with Crippen molar-refractivity contribution in [1.29, 1.82) is 0 Å². The lowest BCUT2D eigenvalue weighted by molar-refractivity contribution is -0.135. The molecule has 0 fully saturated rings. The van der Waals surface area contributed by atoms with E-state index in [-0.39, 0.29) is 29.8 Å². The zero-order valence-electron chi connectivity index (χ0n) is 18.1. The molecule has 162 valence electrons. The van der Waals surface area contributed by atoms with E-state index in [9.17, 15) is 9.59 Å². The van der Waals surface area contributed by atoms with Crippen LogP contribution in [0.25, 0.3) is 22.4 Å². The highest BCUT2D eigenvalue weighted by Gasteiger charge is 2.23. The topological polar surface area (TPSA) is 85.5 Å². The number of fused-ring (bicyclic) bond motifs is 1. The Kier molecular flexibility index (Phi) is 5.98. The Labute approximate surface area is 185 Å². The van der Waals surface area contributed by atoms with Crippen LogP contribution in [0.2, 0.25) is 0 Å². The summed E-state index contributed by atoms with van der Waals surface area (Å²) >= 11 is 0. The van der Waals surface area contributed by atoms with Crippen LogP contribution in [0.5, 0.6) is 0 Å². The van der Waals surface area contributed by atoms with Gasteiger partial charge < -0.3 is 14.2 Å². The largest absolute Gasteiger partial charge is 0.452 e. The minimum absolute atomic E-state index is 0.153. The second kappa shape index (κ2) is 9.01. The lowest BCUT2D eigenvalue weighted by Crippen LogP contribution is -2.33. The third-order valence-corrected chi connectivity index (χ3v) is 5.49. The van der Waals surface area contributed by atoms with Crippen molar-refractivity contribution in [3.63, 3.8) is 0 Å². The zero-order valence-corrected chi connectivity index (χ0v) is 18.1. The van der Waals surface area contributed by atoms with E-state index in [0.717, 1.165) is 11.1 Å². The van der Waals surface area contributed by atoms with Crippen LogP contribution in [-0.4, -0.2) is 40.6 Å². The highest BCUT2D eigenvalue weighted by molar-refractivity contribution is 6.04. The Morgan fingerprint density at radius 3 is 2.41 bits per heavy atom. The molecule has 0 saturated heterocycles. The standard InChI is InChI=1S/C25H23N3O4/c1-16-23-20(14-21(26-24(23)32-27-16)19-12-8-5-9-13-19)25(30)31-15-22(29)28(3)17(2)18-10-6-4-7-11-18/h4-14,17H,15H2,1-3H3. The molecule has 2 aromatic heterocycles. The summed E-state index contributed by atoms with van der Waals surface area (Å²) in [5, 5.41) is 4.41. The number of carbonyl (C=O) groups excluding carboxylic acids is 2. The van der Waals surface area contributed by atoms with Crippen molar-refractivity contribution in [2.75, 3.05) is 13.7 Å². The van der Waals surface area contributed by atoms with Crippen LogP contribution in [0, 0.1) is 6.92 Å². The van der Waals surface area contributed by atoms with E-state index in [0.29, 0.717) is 16.8 Å². The number of benzene rings is 2. The van der Waals surface area contributed by atoms with Crippen LogP contribution >= 0.6 is 0 Å². The predicted molar refractivity (Wildman–Crippen MR) is 120 cm³/mol. The first-order chi connectivity index (χ1) is 15.5. The van der Waals surface area contributed by atoms with Gasteiger partial charge in [0.2, 0.25) is 0 Å². The van der Waals surface area contributed by atoms with Gasteiger partial charge in [0.15, 0.2) is 6.61 Å². The summed E-state index contributed by atoms with van der Waals surface area (Å²) in [5.74, 6) is -0.930. The van der Waals surface area contributed by atoms with Gasteiger partial charge >= 0.3 is 5.97 Å². The van der Waals surface area contributed by atoms with Gasteiger partial charge in [0.25, 0.3) is 11.6 Å². The highest BCUT2D eigenvalue weighted by Crippen LogP contribution is 2.27. The number of ether oxygens (including phenoxy) is 1. The van der Waals surface area contributed by atoms with Crippen molar-refractivity contribution in [3.8, 4) is 11.3 Å². The summed E-state index contributed by atoms with van der Waals surface area (Å²) in [6.45, 7) is 3.28. The molecule has 1 unspecified atom stereocenters. The summed E-state index contributed by atoms with van der Waals surface area (Å²) in [6, 6.07) is 20.6. The average molecular weight is 429 g/mol. The number of nitrogens with zero attached hydrogens (tertiary/aromatic N) is 3. The molecule has 0 aliphatic carbocycles. The van der Waals surface area contributed by atoms with Crippen molar-refractivity contribution >= 4 is 23.0 Å². The fourth-order valence-corrected chi connectivity index (χ4v) is 3.49. The molecule has 0 spiro atoms. The smallest absolute Gasteiger partial charge is 0.339 e. The fourth-order valence-electron chi connectivity index (χ4n) is 3.49. The van der Waals surface area contributed by atoms with E-state index in [1.807, 2.05) is 67.6 Å². The van der Waals surface area contributed by atoms with Crippen LogP contribution < -0.4 is 0 Å². The Morgan fingerprint density at radius 2 is 1.72 bits per heavy atom. The van der Waals surface area contributed by atoms with Crippen LogP contribution in [0.3, 0.4) is 0 Å². The normalized spacial score (nSPS) is 11.8. The molecular formula is C25H23N3O4. The number of hydrogen-bond acceptors (Lipinski definition) is 6. The van der Waals surface area contributed by atoms with E-state index in [1.54, 1.807) is 24.9 Å². The maximum atomic E-state index is 13.0. The molecule has 0 radical (unpaired) electrons. The van der Waals surface area contributed by atoms with E-state index >= 15 is 0 Å². The van der Waals surface area contributed by atoms with Gasteiger partial charge in [-0.25, -0.2) is 9.78 Å². The second-order valence-corrected chi connectivity index (χ2v) is 7.54. The number of hydrogen-bond donors (Lipinski definition) is 0. The maximum absolute atomic E-state index is 13.0. The zero-order chi connectivity index (χ0) is 22.7. The Bertz CT molecular complexity index is 1250. The fraction of sp³-hybridized carbons (Fsp3) is 0.200. The van der Waals surface area contributed by atoms with Crippen LogP contribution in [0.4, 0.5) is 0 Å². The number of aryl methyl sites for hydroxylation is 1. The molecule has 0 aliphatic rings. The van der Waals surface area contributed by atoms with Crippen molar-refractivity contribution in [1.82, 2.24) is 15.0 Å². The van der Waals surface area contributed by atoms with Crippen LogP contribution in [-0.2, 0) is 9.53 Å². The molecule has 4 rings (SSSR count). The molecule has 0 aliphatic heterocycles. The SMILES string of the molecule is Cc1noc2nc(-c3ccccc3)cc(C(=O)OCC(=O)N(C)C(C)c3ccccc3)c12. The minimum atomic E-state index is -0.630. The Hall–Kier alpha value is -4.00. The lowest BCUT2D eigenvalue weighted by atomic mass is 10.1. The van der Waals surface area contributed by atoms with Gasteiger partial charge in [0.1, 0.15) is 0 Å². The summed E-state index contributed by atoms with van der Waals surface area (Å²) in [5.41, 5.74) is 3.42. The first kappa shape index (κ1) is 21.2. The molecule has 0 bridgehead atoms. The number of esters is 1. The number of likely N-dealkylation sites (N-methyl/N-ethyl adjacent to an activating group) is 1. The van der Waals surface area contributed by atoms with Gasteiger partial charge in [-0.1, -0.05) is 65.8 Å². The minimum Gasteiger partial charge on any atom is -0.452 e. The van der Waals surface area contributed by atoms with Crippen LogP contribution in [0.15, 0.2) is 71.3 Å². The third kappa shape index (κ3) is 4.23. The molecule has 1 atom stereocenters. The average Bonchev–Trinajstić information content (AvgIpc) is 3.22. The third-order valence-electron chi connectivity index (χ3n) is 5.49. The summed E-state index contributed by atoms with van der Waals surface area (Å²) in [4.78, 5) is 31.7. The number of rotatable bonds is 6. The molecule has 2 aromatic carbocycles. The van der Waals surface area contributed by atoms with Crippen LogP contribution in [0.1, 0.15) is 34.6 Å². The predicted octanol–water partition coefficient (Wildman–Crippen LogP) is 4.57. The first-order valence-electron chi connectivity index (χ1n) is 10.3. The summed E-state index contributed by atoms with van der Waals surface area (Å²) in [7, 11) is 1.69. The van der Waals surface area contributed by atoms with Crippen molar-refractivity contribution in [3.05, 3.63) is 83.6 Å². The monoisotopic (exact) mass is 429 g/mol. The quantitative estimate of drug-likeness (QED) is 0.417. The van der Waals surface area contributed by atoms with Gasteiger partial charge in [0, 0.05) is 12.6 Å². The number of carbonyl (C=O) groups is 2. The number of amides is 1. The van der Waals surface area contributed by atoms with Gasteiger partial charge in [-0.2, -0.15) is 0 Å². The Morgan fingerprint density at radius 1 is 1.06 bits per heavy atom. The number of pyridine rings is 1. The van der Waals surface area contributed by atoms with Gasteiger partial charge in [-0.15, -0.1) is 0 Å². The summed E-state index contributed by atoms with van der Waals surface area (Å²) < 4.78 is 10.7. The van der Waals surface area contributed by atoms with E-state index in [1.165, 1.54) is 0 Å². The molecule has 7 nitrogen and oxygen atoms in total. The van der Waals surface area contributed by atoms with E-state index < -0.39 is 5.97 Å². The van der Waals surface area contributed by atoms with Gasteiger partial charge in [0.05, 0.1) is 28.4 Å². The molecule has 4 aromatic rings. The molecule has 2 heterocycles. The Balaban J connectivity index is 1.55. The van der Waals surface area contributed by atoms with Crippen molar-refractivity contribution in [2.45, 2.75) is 19.9 Å². The molecule has 7 heteroatoms. The molecule has 1 amide bonds. The highest BCUT2D eigenvalue weighted by atomic mass is 16.5. The lowest BCUT2D eigenvalue weighted by Gasteiger charge is -2.25. The van der Waals surface area contributed by atoms with E-state index in [2.05, 4.69) is 10.1 Å². The maximum Gasteiger partial charge on any atom is 0.339 e. The first-order valence-corrected chi connectivity index (χ1v) is 10.3. The molecular weight excluding hydrogens is 406 g/mol. The van der Waals surface area contributed by atoms with Gasteiger partial charge in [-0.3, -0.25) is 4.79 Å². The van der Waals surface area contributed by atoms with Crippen molar-refractivity contribution in [2.24, 2.45) is 0 Å². The second-order valence-electron chi connectivity index (χ2n) is 7.54. The molecule has 0 saturated carbocycles.